The van der Waals surface area contributed by atoms with Gasteiger partial charge in [0.1, 0.15) is 5.60 Å². The largest absolute Gasteiger partial charge is 0.490 e. The molecular weight excluding hydrogens is 293 g/mol. The zero-order valence-electron chi connectivity index (χ0n) is 15.5. The number of carbonyl (C=O) groups excluding carboxylic acids is 1. The molecule has 0 radical (unpaired) electrons. The van der Waals surface area contributed by atoms with Gasteiger partial charge in [-0.05, 0) is 46.0 Å². The number of carbonyl (C=O) groups is 1. The fourth-order valence-corrected chi connectivity index (χ4v) is 3.23. The van der Waals surface area contributed by atoms with E-state index < -0.39 is 18.8 Å². The second-order valence-electron chi connectivity index (χ2n) is 8.75. The van der Waals surface area contributed by atoms with Gasteiger partial charge in [0.15, 0.2) is 0 Å². The third-order valence-corrected chi connectivity index (χ3v) is 5.66. The molecule has 2 rings (SSSR count). The molecule has 23 heavy (non-hydrogen) atoms. The number of ether oxygens (including phenoxy) is 1. The van der Waals surface area contributed by atoms with Gasteiger partial charge >= 0.3 is 13.2 Å². The molecule has 5 nitrogen and oxygen atoms in total. The minimum absolute atomic E-state index is 0.231. The molecule has 1 heterocycles. The lowest BCUT2D eigenvalue weighted by atomic mass is 9.61. The van der Waals surface area contributed by atoms with Crippen molar-refractivity contribution in [1.82, 2.24) is 0 Å². The maximum atomic E-state index is 11.5. The Kier molecular flexibility index (Phi) is 4.40. The van der Waals surface area contributed by atoms with Crippen LogP contribution in [-0.2, 0) is 14.0 Å². The normalized spacial score (nSPS) is 30.0. The van der Waals surface area contributed by atoms with Gasteiger partial charge in [-0.2, -0.15) is 0 Å². The van der Waals surface area contributed by atoms with Crippen LogP contribution in [0.2, 0.25) is 0 Å². The Balaban J connectivity index is 2.26. The first-order chi connectivity index (χ1) is 10.3. The van der Waals surface area contributed by atoms with Gasteiger partial charge in [-0.15, -0.1) is 0 Å². The van der Waals surface area contributed by atoms with E-state index in [0.717, 1.165) is 18.3 Å². The standard InChI is InChI=1S/C17H30BNO4/c1-14(2,3)17(21-13(19)20)10-8-9-12(11-17)18-22-15(4,5)16(6,7)23-18/h9H,8,10-11H2,1-7H3,(H2,19,20). The minimum atomic E-state index is -0.727. The summed E-state index contributed by atoms with van der Waals surface area (Å²) in [6, 6.07) is 0. The van der Waals surface area contributed by atoms with Crippen LogP contribution < -0.4 is 5.73 Å². The Bertz CT molecular complexity index is 505. The van der Waals surface area contributed by atoms with Crippen LogP contribution in [0, 0.1) is 5.41 Å². The van der Waals surface area contributed by atoms with E-state index in [1.165, 1.54) is 0 Å². The maximum Gasteiger partial charge on any atom is 0.490 e. The van der Waals surface area contributed by atoms with Gasteiger partial charge in [0.25, 0.3) is 0 Å². The number of amides is 1. The lowest BCUT2D eigenvalue weighted by Gasteiger charge is -2.46. The van der Waals surface area contributed by atoms with Crippen molar-refractivity contribution in [2.24, 2.45) is 11.1 Å². The molecule has 1 aliphatic carbocycles. The average Bonchev–Trinajstić information content (AvgIpc) is 2.56. The topological polar surface area (TPSA) is 70.8 Å². The van der Waals surface area contributed by atoms with Crippen LogP contribution in [0.15, 0.2) is 11.5 Å². The zero-order valence-corrected chi connectivity index (χ0v) is 15.5. The summed E-state index contributed by atoms with van der Waals surface area (Å²) in [5.41, 5.74) is 4.75. The van der Waals surface area contributed by atoms with E-state index in [9.17, 15) is 4.79 Å². The van der Waals surface area contributed by atoms with Crippen molar-refractivity contribution in [2.45, 2.75) is 84.5 Å². The van der Waals surface area contributed by atoms with Crippen LogP contribution in [0.3, 0.4) is 0 Å². The first-order valence-corrected chi connectivity index (χ1v) is 8.33. The first-order valence-electron chi connectivity index (χ1n) is 8.33. The second-order valence-corrected chi connectivity index (χ2v) is 8.75. The van der Waals surface area contributed by atoms with Crippen LogP contribution in [0.25, 0.3) is 0 Å². The molecule has 1 atom stereocenters. The van der Waals surface area contributed by atoms with E-state index in [-0.39, 0.29) is 16.6 Å². The molecule has 1 unspecified atom stereocenters. The lowest BCUT2D eigenvalue weighted by molar-refractivity contribution is -0.0724. The molecule has 0 saturated carbocycles. The van der Waals surface area contributed by atoms with Gasteiger partial charge in [0.2, 0.25) is 0 Å². The van der Waals surface area contributed by atoms with Gasteiger partial charge in [0.05, 0.1) is 11.2 Å². The molecule has 0 aromatic rings. The van der Waals surface area contributed by atoms with Crippen molar-refractivity contribution >= 4 is 13.2 Å². The van der Waals surface area contributed by atoms with E-state index >= 15 is 0 Å². The van der Waals surface area contributed by atoms with Gasteiger partial charge in [-0.3, -0.25) is 0 Å². The smallest absolute Gasteiger partial charge is 0.442 e. The molecule has 2 N–H and O–H groups in total. The highest BCUT2D eigenvalue weighted by Gasteiger charge is 2.55. The second kappa shape index (κ2) is 5.52. The Morgan fingerprint density at radius 3 is 2.17 bits per heavy atom. The predicted molar refractivity (Wildman–Crippen MR) is 90.9 cm³/mol. The quantitative estimate of drug-likeness (QED) is 0.788. The summed E-state index contributed by atoms with van der Waals surface area (Å²) < 4.78 is 17.9. The Hall–Kier alpha value is -1.01. The molecule has 2 aliphatic rings. The highest BCUT2D eigenvalue weighted by atomic mass is 16.7. The fourth-order valence-electron chi connectivity index (χ4n) is 3.23. The molecule has 1 fully saturated rings. The number of hydrogen-bond donors (Lipinski definition) is 1. The van der Waals surface area contributed by atoms with Crippen LogP contribution in [-0.4, -0.2) is 30.0 Å². The molecule has 1 amide bonds. The molecule has 130 valence electrons. The molecule has 1 saturated heterocycles. The van der Waals surface area contributed by atoms with Crippen LogP contribution >= 0.6 is 0 Å². The Morgan fingerprint density at radius 2 is 1.74 bits per heavy atom. The summed E-state index contributed by atoms with van der Waals surface area (Å²) in [6.07, 6.45) is 3.56. The summed E-state index contributed by atoms with van der Waals surface area (Å²) >= 11 is 0. The molecule has 0 bridgehead atoms. The van der Waals surface area contributed by atoms with Crippen molar-refractivity contribution in [3.63, 3.8) is 0 Å². The van der Waals surface area contributed by atoms with Crippen molar-refractivity contribution in [3.8, 4) is 0 Å². The fraction of sp³-hybridized carbons (Fsp3) is 0.824. The van der Waals surface area contributed by atoms with E-state index in [4.69, 9.17) is 19.8 Å². The highest BCUT2D eigenvalue weighted by molar-refractivity contribution is 6.54. The number of allylic oxidation sites excluding steroid dienone is 1. The molecule has 1 aliphatic heterocycles. The summed E-state index contributed by atoms with van der Waals surface area (Å²) in [6.45, 7) is 14.4. The number of hydrogen-bond acceptors (Lipinski definition) is 4. The van der Waals surface area contributed by atoms with Crippen molar-refractivity contribution in [1.29, 1.82) is 0 Å². The summed E-state index contributed by atoms with van der Waals surface area (Å²) in [7, 11) is -0.404. The summed E-state index contributed by atoms with van der Waals surface area (Å²) in [5, 5.41) is 0. The summed E-state index contributed by atoms with van der Waals surface area (Å²) in [4.78, 5) is 11.5. The van der Waals surface area contributed by atoms with Gasteiger partial charge in [-0.25, -0.2) is 4.79 Å². The first kappa shape index (κ1) is 18.3. The van der Waals surface area contributed by atoms with Crippen LogP contribution in [0.1, 0.15) is 67.7 Å². The molecule has 0 aromatic heterocycles. The maximum absolute atomic E-state index is 11.5. The molecular formula is C17H30BNO4. The zero-order chi connectivity index (χ0) is 17.7. The summed E-state index contributed by atoms with van der Waals surface area (Å²) in [5.74, 6) is 0. The predicted octanol–water partition coefficient (Wildman–Crippen LogP) is 3.61. The minimum Gasteiger partial charge on any atom is -0.442 e. The van der Waals surface area contributed by atoms with Crippen LogP contribution in [0.4, 0.5) is 4.79 Å². The Labute approximate surface area is 140 Å². The SMILES string of the molecule is CC(C)(C)C1(OC(N)=O)CCC=C(B2OC(C)(C)C(C)(C)O2)C1. The number of nitrogens with two attached hydrogens (primary N) is 1. The average molecular weight is 323 g/mol. The van der Waals surface area contributed by atoms with Gasteiger partial charge in [0, 0.05) is 11.8 Å². The monoisotopic (exact) mass is 323 g/mol. The van der Waals surface area contributed by atoms with Gasteiger partial charge in [-0.1, -0.05) is 26.8 Å². The van der Waals surface area contributed by atoms with E-state index in [0.29, 0.717) is 6.42 Å². The van der Waals surface area contributed by atoms with Crippen molar-refractivity contribution < 1.29 is 18.8 Å². The van der Waals surface area contributed by atoms with Gasteiger partial charge < -0.3 is 19.8 Å². The van der Waals surface area contributed by atoms with E-state index in [1.807, 2.05) is 27.7 Å². The van der Waals surface area contributed by atoms with E-state index in [2.05, 4.69) is 26.8 Å². The molecule has 0 aromatic carbocycles. The molecule has 0 spiro atoms. The lowest BCUT2D eigenvalue weighted by Crippen LogP contribution is -2.50. The van der Waals surface area contributed by atoms with Crippen molar-refractivity contribution in [3.05, 3.63) is 11.5 Å². The third-order valence-electron chi connectivity index (χ3n) is 5.66. The Morgan fingerprint density at radius 1 is 1.22 bits per heavy atom. The van der Waals surface area contributed by atoms with E-state index in [1.54, 1.807) is 0 Å². The number of primary amides is 1. The highest BCUT2D eigenvalue weighted by Crippen LogP contribution is 2.48. The third kappa shape index (κ3) is 3.29. The molecule has 6 heteroatoms. The van der Waals surface area contributed by atoms with Crippen LogP contribution in [0.5, 0.6) is 0 Å². The van der Waals surface area contributed by atoms with Crippen molar-refractivity contribution in [2.75, 3.05) is 0 Å². The number of rotatable bonds is 2.